The van der Waals surface area contributed by atoms with E-state index in [0.717, 1.165) is 0 Å². The Morgan fingerprint density at radius 2 is 2.18 bits per heavy atom. The quantitative estimate of drug-likeness (QED) is 0.241. The first kappa shape index (κ1) is 19.6. The number of nitrogens with zero attached hydrogens (tertiary/aromatic N) is 4. The maximum atomic E-state index is 12.2. The van der Waals surface area contributed by atoms with Crippen LogP contribution in [0.5, 0.6) is 0 Å². The number of aromatic nitrogens is 3. The summed E-state index contributed by atoms with van der Waals surface area (Å²) in [5.41, 5.74) is 0.514. The zero-order valence-electron chi connectivity index (χ0n) is 15.3. The Hall–Kier alpha value is -3.14. The molecule has 3 rings (SSSR count). The number of esters is 1. The summed E-state index contributed by atoms with van der Waals surface area (Å²) in [4.78, 5) is 22.6. The Morgan fingerprint density at radius 3 is 2.86 bits per heavy atom. The molecule has 0 spiro atoms. The molecule has 1 atom stereocenters. The van der Waals surface area contributed by atoms with Crippen LogP contribution in [0.25, 0.3) is 11.6 Å². The molecule has 28 heavy (non-hydrogen) atoms. The number of rotatable bonds is 8. The highest BCUT2D eigenvalue weighted by Crippen LogP contribution is 2.26. The fourth-order valence-electron chi connectivity index (χ4n) is 2.58. The molecule has 146 valence electrons. The normalized spacial score (nSPS) is 11.9. The third-order valence-electron chi connectivity index (χ3n) is 3.95. The summed E-state index contributed by atoms with van der Waals surface area (Å²) in [6.45, 7) is 4.23. The lowest BCUT2D eigenvalue weighted by Crippen LogP contribution is -2.12. The summed E-state index contributed by atoms with van der Waals surface area (Å²) in [5.74, 6) is 0.779. The maximum absolute atomic E-state index is 12.2. The number of carbonyl (C=O) groups is 1. The molecule has 0 aliphatic carbocycles. The monoisotopic (exact) mass is 402 g/mol. The molecule has 0 aliphatic rings. The standard InChI is InChI=1S/C18H18N4O5S/c1-3-21-17(15-8-5-9-26-15)19-20-18(21)28-11-16(23)27-12(2)13-6-4-7-14(10-13)22(24)25/h4-10,12H,3,11H2,1-2H3/t12-/m0/s1. The molecule has 0 unspecified atom stereocenters. The average Bonchev–Trinajstić information content (AvgIpc) is 3.35. The second-order valence-corrected chi connectivity index (χ2v) is 6.74. The molecule has 0 bridgehead atoms. The van der Waals surface area contributed by atoms with Gasteiger partial charge in [-0.15, -0.1) is 10.2 Å². The molecule has 10 heteroatoms. The van der Waals surface area contributed by atoms with E-state index in [4.69, 9.17) is 9.15 Å². The van der Waals surface area contributed by atoms with Gasteiger partial charge in [0.15, 0.2) is 16.7 Å². The summed E-state index contributed by atoms with van der Waals surface area (Å²) in [5, 5.41) is 19.7. The van der Waals surface area contributed by atoms with E-state index >= 15 is 0 Å². The molecule has 0 N–H and O–H groups in total. The molecule has 3 aromatic rings. The van der Waals surface area contributed by atoms with Gasteiger partial charge < -0.3 is 9.15 Å². The molecule has 0 radical (unpaired) electrons. The van der Waals surface area contributed by atoms with Gasteiger partial charge in [-0.05, 0) is 31.5 Å². The maximum Gasteiger partial charge on any atom is 0.316 e. The van der Waals surface area contributed by atoms with E-state index < -0.39 is 17.0 Å². The minimum absolute atomic E-state index is 0.0373. The number of hydrogen-bond donors (Lipinski definition) is 0. The van der Waals surface area contributed by atoms with Gasteiger partial charge in [0.05, 0.1) is 16.9 Å². The lowest BCUT2D eigenvalue weighted by atomic mass is 10.1. The molecular weight excluding hydrogens is 384 g/mol. The first-order chi connectivity index (χ1) is 13.5. The van der Waals surface area contributed by atoms with Crippen molar-refractivity contribution in [1.29, 1.82) is 0 Å². The van der Waals surface area contributed by atoms with Crippen LogP contribution < -0.4 is 0 Å². The fraction of sp³-hybridized carbons (Fsp3) is 0.278. The number of benzene rings is 1. The molecule has 0 fully saturated rings. The van der Waals surface area contributed by atoms with Gasteiger partial charge in [-0.25, -0.2) is 0 Å². The zero-order valence-corrected chi connectivity index (χ0v) is 16.1. The van der Waals surface area contributed by atoms with Gasteiger partial charge in [0.25, 0.3) is 5.69 Å². The third kappa shape index (κ3) is 4.39. The predicted octanol–water partition coefficient (Wildman–Crippen LogP) is 3.86. The molecule has 0 aliphatic heterocycles. The van der Waals surface area contributed by atoms with Crippen molar-refractivity contribution in [2.24, 2.45) is 0 Å². The zero-order chi connectivity index (χ0) is 20.1. The average molecular weight is 402 g/mol. The van der Waals surface area contributed by atoms with E-state index in [1.54, 1.807) is 37.5 Å². The van der Waals surface area contributed by atoms with Crippen molar-refractivity contribution in [1.82, 2.24) is 14.8 Å². The van der Waals surface area contributed by atoms with Gasteiger partial charge in [0.2, 0.25) is 0 Å². The first-order valence-electron chi connectivity index (χ1n) is 8.53. The topological polar surface area (TPSA) is 113 Å². The molecule has 1 aromatic carbocycles. The Balaban J connectivity index is 1.62. The van der Waals surface area contributed by atoms with Crippen molar-refractivity contribution in [3.8, 4) is 11.6 Å². The van der Waals surface area contributed by atoms with Gasteiger partial charge in [-0.2, -0.15) is 0 Å². The summed E-state index contributed by atoms with van der Waals surface area (Å²) in [6, 6.07) is 9.59. The predicted molar refractivity (Wildman–Crippen MR) is 102 cm³/mol. The van der Waals surface area contributed by atoms with Gasteiger partial charge in [-0.1, -0.05) is 23.9 Å². The Morgan fingerprint density at radius 1 is 1.36 bits per heavy atom. The number of carbonyl (C=O) groups excluding carboxylic acids is 1. The number of furan rings is 1. The van der Waals surface area contributed by atoms with Crippen molar-refractivity contribution in [2.45, 2.75) is 31.7 Å². The molecule has 9 nitrogen and oxygen atoms in total. The van der Waals surface area contributed by atoms with E-state index in [9.17, 15) is 14.9 Å². The van der Waals surface area contributed by atoms with E-state index in [0.29, 0.717) is 28.8 Å². The molecule has 2 aromatic heterocycles. The molecule has 0 saturated carbocycles. The Kier molecular flexibility index (Phi) is 6.09. The van der Waals surface area contributed by atoms with Crippen molar-refractivity contribution in [2.75, 3.05) is 5.75 Å². The SMILES string of the molecule is CCn1c(SCC(=O)O[C@@H](C)c2cccc([N+](=O)[O-])c2)nnc1-c1ccco1. The van der Waals surface area contributed by atoms with Crippen molar-refractivity contribution in [3.05, 3.63) is 58.3 Å². The van der Waals surface area contributed by atoms with Crippen LogP contribution in [0.15, 0.2) is 52.2 Å². The first-order valence-corrected chi connectivity index (χ1v) is 9.51. The highest BCUT2D eigenvalue weighted by atomic mass is 32.2. The number of non-ortho nitro benzene ring substituents is 1. The minimum Gasteiger partial charge on any atom is -0.461 e. The Bertz CT molecular complexity index is 970. The summed E-state index contributed by atoms with van der Waals surface area (Å²) < 4.78 is 12.6. The van der Waals surface area contributed by atoms with Gasteiger partial charge in [0, 0.05) is 18.7 Å². The second kappa shape index (κ2) is 8.70. The number of nitro benzene ring substituents is 1. The molecule has 0 amide bonds. The summed E-state index contributed by atoms with van der Waals surface area (Å²) >= 11 is 1.21. The number of ether oxygens (including phenoxy) is 1. The number of thioether (sulfide) groups is 1. The van der Waals surface area contributed by atoms with Gasteiger partial charge >= 0.3 is 5.97 Å². The lowest BCUT2D eigenvalue weighted by molar-refractivity contribution is -0.385. The van der Waals surface area contributed by atoms with Crippen LogP contribution in [0.2, 0.25) is 0 Å². The van der Waals surface area contributed by atoms with Crippen LogP contribution >= 0.6 is 11.8 Å². The van der Waals surface area contributed by atoms with Crippen molar-refractivity contribution < 1.29 is 18.9 Å². The molecule has 2 heterocycles. The Labute approximate surface area is 164 Å². The number of hydrogen-bond acceptors (Lipinski definition) is 8. The third-order valence-corrected chi connectivity index (χ3v) is 4.89. The minimum atomic E-state index is -0.601. The summed E-state index contributed by atoms with van der Waals surface area (Å²) in [7, 11) is 0. The van der Waals surface area contributed by atoms with Crippen molar-refractivity contribution in [3.63, 3.8) is 0 Å². The van der Waals surface area contributed by atoms with Crippen LogP contribution in [0.1, 0.15) is 25.5 Å². The van der Waals surface area contributed by atoms with Crippen LogP contribution in [0.4, 0.5) is 5.69 Å². The van der Waals surface area contributed by atoms with Crippen LogP contribution in [-0.4, -0.2) is 31.4 Å². The van der Waals surface area contributed by atoms with E-state index in [-0.39, 0.29) is 11.4 Å². The van der Waals surface area contributed by atoms with Crippen LogP contribution in [0.3, 0.4) is 0 Å². The van der Waals surface area contributed by atoms with Crippen LogP contribution in [0, 0.1) is 10.1 Å². The summed E-state index contributed by atoms with van der Waals surface area (Å²) in [6.07, 6.45) is 0.958. The van der Waals surface area contributed by atoms with Gasteiger partial charge in [0.1, 0.15) is 6.10 Å². The van der Waals surface area contributed by atoms with E-state index in [1.165, 1.54) is 23.9 Å². The van der Waals surface area contributed by atoms with Crippen molar-refractivity contribution >= 4 is 23.4 Å². The van der Waals surface area contributed by atoms with Gasteiger partial charge in [-0.3, -0.25) is 19.5 Å². The highest BCUT2D eigenvalue weighted by Gasteiger charge is 2.19. The van der Waals surface area contributed by atoms with Crippen LogP contribution in [-0.2, 0) is 16.1 Å². The molecule has 0 saturated heterocycles. The fourth-order valence-corrected chi connectivity index (χ4v) is 3.37. The largest absolute Gasteiger partial charge is 0.461 e. The second-order valence-electron chi connectivity index (χ2n) is 5.80. The van der Waals surface area contributed by atoms with E-state index in [1.807, 2.05) is 11.5 Å². The highest BCUT2D eigenvalue weighted by molar-refractivity contribution is 7.99. The van der Waals surface area contributed by atoms with E-state index in [2.05, 4.69) is 10.2 Å². The number of nitro groups is 1. The lowest BCUT2D eigenvalue weighted by Gasteiger charge is -2.13. The molecular formula is C18H18N4O5S. The smallest absolute Gasteiger partial charge is 0.316 e.